The molecule has 0 bridgehead atoms. The molecule has 1 N–H and O–H groups in total. The Morgan fingerprint density at radius 2 is 2.40 bits per heavy atom. The van der Waals surface area contributed by atoms with Crippen LogP contribution in [0.1, 0.15) is 25.0 Å². The van der Waals surface area contributed by atoms with Crippen molar-refractivity contribution in [3.05, 3.63) is 36.2 Å². The van der Waals surface area contributed by atoms with Gasteiger partial charge in [-0.15, -0.1) is 0 Å². The molecule has 1 aliphatic carbocycles. The third-order valence-corrected chi connectivity index (χ3v) is 2.46. The minimum atomic E-state index is -0.0242. The smallest absolute Gasteiger partial charge is 0.138 e. The van der Waals surface area contributed by atoms with E-state index < -0.39 is 0 Å². The van der Waals surface area contributed by atoms with Crippen LogP contribution in [0.15, 0.2) is 30.5 Å². The maximum absolute atomic E-state index is 8.84. The van der Waals surface area contributed by atoms with Gasteiger partial charge in [-0.05, 0) is 37.5 Å². The first-order valence-electron chi connectivity index (χ1n) is 5.27. The highest BCUT2D eigenvalue weighted by molar-refractivity contribution is 5.20. The fourth-order valence-electron chi connectivity index (χ4n) is 1.63. The number of aliphatic hydroxyl groups excluding tert-OH is 1. The van der Waals surface area contributed by atoms with E-state index in [1.807, 2.05) is 6.07 Å². The first-order valence-corrected chi connectivity index (χ1v) is 5.27. The van der Waals surface area contributed by atoms with Gasteiger partial charge in [0.1, 0.15) is 11.9 Å². The van der Waals surface area contributed by atoms with Gasteiger partial charge in [0.05, 0.1) is 18.5 Å². The Balaban J connectivity index is 1.97. The maximum atomic E-state index is 8.84. The van der Waals surface area contributed by atoms with Crippen LogP contribution in [0.2, 0.25) is 0 Å². The molecule has 3 heteroatoms. The summed E-state index contributed by atoms with van der Waals surface area (Å²) in [5, 5.41) is 8.84. The molecule has 1 aromatic rings. The molecule has 1 aliphatic rings. The molecule has 1 heterocycles. The van der Waals surface area contributed by atoms with E-state index in [1.54, 1.807) is 12.3 Å². The summed E-state index contributed by atoms with van der Waals surface area (Å²) in [5.41, 5.74) is 0.668. The third-order valence-electron chi connectivity index (χ3n) is 2.46. The Hall–Kier alpha value is -1.35. The summed E-state index contributed by atoms with van der Waals surface area (Å²) < 4.78 is 5.72. The van der Waals surface area contributed by atoms with Crippen molar-refractivity contribution in [3.63, 3.8) is 0 Å². The summed E-state index contributed by atoms with van der Waals surface area (Å²) in [4.78, 5) is 4.06. The standard InChI is InChI=1S/C12H15NO2/c14-9-10-6-7-12(8-13-10)15-11-4-2-1-3-5-11/h2,4,6-8,11,14H,1,3,5,9H2. The molecule has 1 unspecified atom stereocenters. The lowest BCUT2D eigenvalue weighted by atomic mass is 10.1. The number of aliphatic hydroxyl groups is 1. The summed E-state index contributed by atoms with van der Waals surface area (Å²) in [5.74, 6) is 0.767. The van der Waals surface area contributed by atoms with Crippen LogP contribution in [-0.2, 0) is 6.61 Å². The Morgan fingerprint density at radius 3 is 3.00 bits per heavy atom. The monoisotopic (exact) mass is 205 g/mol. The molecule has 0 spiro atoms. The maximum Gasteiger partial charge on any atom is 0.138 e. The van der Waals surface area contributed by atoms with Crippen LogP contribution in [0.3, 0.4) is 0 Å². The van der Waals surface area contributed by atoms with Crippen molar-refractivity contribution in [2.24, 2.45) is 0 Å². The number of hydrogen-bond donors (Lipinski definition) is 1. The van der Waals surface area contributed by atoms with Crippen LogP contribution in [0, 0.1) is 0 Å². The zero-order valence-corrected chi connectivity index (χ0v) is 8.60. The fraction of sp³-hybridized carbons (Fsp3) is 0.417. The molecule has 0 saturated heterocycles. The van der Waals surface area contributed by atoms with Crippen LogP contribution in [0.5, 0.6) is 5.75 Å². The Kier molecular flexibility index (Phi) is 3.35. The summed E-state index contributed by atoms with van der Waals surface area (Å²) >= 11 is 0. The first kappa shape index (κ1) is 10.2. The van der Waals surface area contributed by atoms with Gasteiger partial charge in [0.25, 0.3) is 0 Å². The molecule has 0 fully saturated rings. The van der Waals surface area contributed by atoms with Gasteiger partial charge in [0.15, 0.2) is 0 Å². The Labute approximate surface area is 89.4 Å². The van der Waals surface area contributed by atoms with Gasteiger partial charge < -0.3 is 9.84 Å². The van der Waals surface area contributed by atoms with Gasteiger partial charge in [-0.25, -0.2) is 0 Å². The van der Waals surface area contributed by atoms with Crippen molar-refractivity contribution >= 4 is 0 Å². The van der Waals surface area contributed by atoms with Crippen molar-refractivity contribution in [3.8, 4) is 5.75 Å². The lowest BCUT2D eigenvalue weighted by Crippen LogP contribution is -2.15. The SMILES string of the molecule is OCc1ccc(OC2C=CCCC2)cn1. The predicted octanol–water partition coefficient (Wildman–Crippen LogP) is 2.06. The minimum Gasteiger partial charge on any atom is -0.485 e. The lowest BCUT2D eigenvalue weighted by Gasteiger charge is -2.18. The van der Waals surface area contributed by atoms with E-state index in [0.717, 1.165) is 18.6 Å². The average molecular weight is 205 g/mol. The van der Waals surface area contributed by atoms with E-state index >= 15 is 0 Å². The number of aromatic nitrogens is 1. The molecule has 0 saturated carbocycles. The topological polar surface area (TPSA) is 42.4 Å². The number of pyridine rings is 1. The van der Waals surface area contributed by atoms with Crippen molar-refractivity contribution in [1.82, 2.24) is 4.98 Å². The molecule has 0 aromatic carbocycles. The second-order valence-corrected chi connectivity index (χ2v) is 3.66. The molecule has 0 aliphatic heterocycles. The summed E-state index contributed by atoms with van der Waals surface area (Å²) in [6, 6.07) is 3.63. The van der Waals surface area contributed by atoms with Crippen LogP contribution in [-0.4, -0.2) is 16.2 Å². The summed E-state index contributed by atoms with van der Waals surface area (Å²) in [7, 11) is 0. The number of ether oxygens (including phenoxy) is 1. The average Bonchev–Trinajstić information content (AvgIpc) is 2.31. The molecule has 3 nitrogen and oxygen atoms in total. The summed E-state index contributed by atoms with van der Waals surface area (Å²) in [6.07, 6.45) is 9.50. The molecule has 0 radical (unpaired) electrons. The molecular weight excluding hydrogens is 190 g/mol. The van der Waals surface area contributed by atoms with Crippen LogP contribution >= 0.6 is 0 Å². The Bertz CT molecular complexity index is 332. The normalized spacial score (nSPS) is 20.2. The lowest BCUT2D eigenvalue weighted by molar-refractivity contribution is 0.228. The van der Waals surface area contributed by atoms with Crippen LogP contribution in [0.25, 0.3) is 0 Å². The molecular formula is C12H15NO2. The van der Waals surface area contributed by atoms with Crippen molar-refractivity contribution in [2.75, 3.05) is 0 Å². The molecule has 0 amide bonds. The van der Waals surface area contributed by atoms with Gasteiger partial charge in [0, 0.05) is 0 Å². The number of nitrogens with zero attached hydrogens (tertiary/aromatic N) is 1. The van der Waals surface area contributed by atoms with Gasteiger partial charge in [-0.3, -0.25) is 4.98 Å². The second-order valence-electron chi connectivity index (χ2n) is 3.66. The van der Waals surface area contributed by atoms with Gasteiger partial charge >= 0.3 is 0 Å². The number of allylic oxidation sites excluding steroid dienone is 1. The van der Waals surface area contributed by atoms with Crippen LogP contribution < -0.4 is 4.74 Å². The van der Waals surface area contributed by atoms with E-state index in [9.17, 15) is 0 Å². The van der Waals surface area contributed by atoms with E-state index in [0.29, 0.717) is 5.69 Å². The predicted molar refractivity (Wildman–Crippen MR) is 57.6 cm³/mol. The largest absolute Gasteiger partial charge is 0.485 e. The highest BCUT2D eigenvalue weighted by Crippen LogP contribution is 2.18. The first-order chi connectivity index (χ1) is 7.38. The van der Waals surface area contributed by atoms with Crippen molar-refractivity contribution < 1.29 is 9.84 Å². The molecule has 1 atom stereocenters. The molecule has 1 aromatic heterocycles. The molecule has 2 rings (SSSR count). The highest BCUT2D eigenvalue weighted by atomic mass is 16.5. The zero-order valence-electron chi connectivity index (χ0n) is 8.60. The van der Waals surface area contributed by atoms with Gasteiger partial charge in [0.2, 0.25) is 0 Å². The van der Waals surface area contributed by atoms with Crippen molar-refractivity contribution in [2.45, 2.75) is 32.0 Å². The third kappa shape index (κ3) is 2.80. The molecule has 15 heavy (non-hydrogen) atoms. The number of rotatable bonds is 3. The zero-order chi connectivity index (χ0) is 10.5. The van der Waals surface area contributed by atoms with Crippen molar-refractivity contribution in [1.29, 1.82) is 0 Å². The van der Waals surface area contributed by atoms with E-state index in [4.69, 9.17) is 9.84 Å². The van der Waals surface area contributed by atoms with E-state index in [2.05, 4.69) is 17.1 Å². The quantitative estimate of drug-likeness (QED) is 0.768. The Morgan fingerprint density at radius 1 is 1.47 bits per heavy atom. The highest BCUT2D eigenvalue weighted by Gasteiger charge is 2.09. The molecule has 80 valence electrons. The number of hydrogen-bond acceptors (Lipinski definition) is 3. The van der Waals surface area contributed by atoms with Crippen LogP contribution in [0.4, 0.5) is 0 Å². The minimum absolute atomic E-state index is 0.0242. The fourth-order valence-corrected chi connectivity index (χ4v) is 1.63. The van der Waals surface area contributed by atoms with Gasteiger partial charge in [-0.1, -0.05) is 6.08 Å². The second kappa shape index (κ2) is 4.94. The van der Waals surface area contributed by atoms with Gasteiger partial charge in [-0.2, -0.15) is 0 Å². The van der Waals surface area contributed by atoms with E-state index in [-0.39, 0.29) is 12.7 Å². The van der Waals surface area contributed by atoms with E-state index in [1.165, 1.54) is 6.42 Å². The summed E-state index contributed by atoms with van der Waals surface area (Å²) in [6.45, 7) is -0.0242.